The summed E-state index contributed by atoms with van der Waals surface area (Å²) in [7, 11) is 0. The minimum atomic E-state index is -0.525. The highest BCUT2D eigenvalue weighted by Crippen LogP contribution is 2.54. The Morgan fingerprint density at radius 2 is 1.74 bits per heavy atom. The molecule has 2 rings (SSSR count). The molecular formula is C19H30N2O2. The lowest BCUT2D eigenvalue weighted by molar-refractivity contribution is -0.158. The summed E-state index contributed by atoms with van der Waals surface area (Å²) >= 11 is 0. The van der Waals surface area contributed by atoms with Gasteiger partial charge in [0, 0.05) is 12.8 Å². The second-order valence-electron chi connectivity index (χ2n) is 7.41. The smallest absolute Gasteiger partial charge is 0.312 e. The van der Waals surface area contributed by atoms with Crippen LogP contribution in [0.1, 0.15) is 67.2 Å². The largest absolute Gasteiger partial charge is 0.459 e. The Bertz CT molecular complexity index is 516. The number of nitrogens with zero attached hydrogens (tertiary/aromatic N) is 2. The van der Waals surface area contributed by atoms with Crippen molar-refractivity contribution < 1.29 is 9.53 Å². The molecule has 4 nitrogen and oxygen atoms in total. The number of carbonyl (C=O) groups excluding carboxylic acids is 1. The molecule has 0 aromatic rings. The van der Waals surface area contributed by atoms with Crippen LogP contribution in [-0.4, -0.2) is 11.6 Å². The van der Waals surface area contributed by atoms with Gasteiger partial charge in [0.15, 0.2) is 0 Å². The van der Waals surface area contributed by atoms with Crippen LogP contribution in [0.3, 0.4) is 0 Å². The average molecular weight is 318 g/mol. The van der Waals surface area contributed by atoms with E-state index in [0.717, 1.165) is 0 Å². The van der Waals surface area contributed by atoms with E-state index in [2.05, 4.69) is 32.9 Å². The lowest BCUT2D eigenvalue weighted by atomic mass is 9.64. The van der Waals surface area contributed by atoms with Crippen LogP contribution in [0.4, 0.5) is 0 Å². The Labute approximate surface area is 140 Å². The van der Waals surface area contributed by atoms with Gasteiger partial charge in [0.1, 0.15) is 5.60 Å². The van der Waals surface area contributed by atoms with Crippen LogP contribution in [-0.2, 0) is 9.53 Å². The lowest BCUT2D eigenvalue weighted by Crippen LogP contribution is -2.39. The van der Waals surface area contributed by atoms with E-state index in [1.807, 2.05) is 20.8 Å². The molecule has 1 spiro atoms. The normalized spacial score (nSPS) is 37.3. The summed E-state index contributed by atoms with van der Waals surface area (Å²) in [5.74, 6) is -0.0451. The van der Waals surface area contributed by atoms with Crippen molar-refractivity contribution in [1.29, 1.82) is 10.5 Å². The number of hydrogen-bond donors (Lipinski definition) is 0. The molecule has 128 valence electrons. The van der Waals surface area contributed by atoms with Gasteiger partial charge in [0.25, 0.3) is 0 Å². The molecule has 1 saturated heterocycles. The van der Waals surface area contributed by atoms with Gasteiger partial charge in [-0.1, -0.05) is 34.6 Å². The number of hydrogen-bond acceptors (Lipinski definition) is 4. The SMILES string of the molecule is CC.CC(C)C(C)C1(C)CC2(CCC(C#N)C(C#N)C2)OC1=O. The Kier molecular flexibility index (Phi) is 6.23. The van der Waals surface area contributed by atoms with Crippen molar-refractivity contribution in [2.24, 2.45) is 29.1 Å². The van der Waals surface area contributed by atoms with Crippen molar-refractivity contribution in [3.05, 3.63) is 0 Å². The van der Waals surface area contributed by atoms with Crippen molar-refractivity contribution in [1.82, 2.24) is 0 Å². The number of carbonyl (C=O) groups is 1. The third-order valence-corrected chi connectivity index (χ3v) is 5.79. The second kappa shape index (κ2) is 7.35. The predicted octanol–water partition coefficient (Wildman–Crippen LogP) is 4.46. The molecule has 0 radical (unpaired) electrons. The fourth-order valence-corrected chi connectivity index (χ4v) is 3.98. The van der Waals surface area contributed by atoms with E-state index in [1.54, 1.807) is 0 Å². The van der Waals surface area contributed by atoms with Gasteiger partial charge in [-0.15, -0.1) is 0 Å². The molecule has 5 unspecified atom stereocenters. The Balaban J connectivity index is 0.00000127. The molecule has 1 saturated carbocycles. The second-order valence-corrected chi connectivity index (χ2v) is 7.41. The highest BCUT2D eigenvalue weighted by Gasteiger charge is 2.58. The summed E-state index contributed by atoms with van der Waals surface area (Å²) in [5.41, 5.74) is -1.00. The molecule has 0 N–H and O–H groups in total. The van der Waals surface area contributed by atoms with Crippen LogP contribution in [0.2, 0.25) is 0 Å². The van der Waals surface area contributed by atoms with Crippen LogP contribution in [0, 0.1) is 51.7 Å². The van der Waals surface area contributed by atoms with Crippen LogP contribution < -0.4 is 0 Å². The topological polar surface area (TPSA) is 73.9 Å². The standard InChI is InChI=1S/C17H24N2O2.C2H6/c1-11(2)12(3)16(4)10-17(21-15(16)20)6-5-13(8-18)14(7-17)9-19;1-2/h11-14H,5-7,10H2,1-4H3;1-2H3. The van der Waals surface area contributed by atoms with Crippen molar-refractivity contribution >= 4 is 5.97 Å². The minimum absolute atomic E-state index is 0.129. The summed E-state index contributed by atoms with van der Waals surface area (Å²) in [5, 5.41) is 18.4. The molecule has 0 bridgehead atoms. The first-order chi connectivity index (χ1) is 10.8. The van der Waals surface area contributed by atoms with E-state index in [0.29, 0.717) is 31.6 Å². The van der Waals surface area contributed by atoms with Gasteiger partial charge in [-0.2, -0.15) is 10.5 Å². The molecule has 5 atom stereocenters. The molecule has 1 aliphatic heterocycles. The highest BCUT2D eigenvalue weighted by molar-refractivity contribution is 5.79. The van der Waals surface area contributed by atoms with E-state index in [4.69, 9.17) is 10.00 Å². The summed E-state index contributed by atoms with van der Waals surface area (Å²) in [6.07, 6.45) is 2.53. The van der Waals surface area contributed by atoms with Crippen molar-refractivity contribution in [3.63, 3.8) is 0 Å². The quantitative estimate of drug-likeness (QED) is 0.704. The van der Waals surface area contributed by atoms with Crippen molar-refractivity contribution in [2.75, 3.05) is 0 Å². The highest BCUT2D eigenvalue weighted by atomic mass is 16.6. The molecule has 0 amide bonds. The maximum Gasteiger partial charge on any atom is 0.312 e. The molecule has 1 heterocycles. The van der Waals surface area contributed by atoms with Crippen molar-refractivity contribution in [2.45, 2.75) is 72.8 Å². The van der Waals surface area contributed by atoms with E-state index in [9.17, 15) is 10.1 Å². The maximum absolute atomic E-state index is 12.5. The van der Waals surface area contributed by atoms with Gasteiger partial charge in [-0.3, -0.25) is 4.79 Å². The summed E-state index contributed by atoms with van der Waals surface area (Å²) in [4.78, 5) is 12.5. The molecule has 1 aliphatic carbocycles. The van der Waals surface area contributed by atoms with Crippen LogP contribution in [0.5, 0.6) is 0 Å². The number of rotatable bonds is 2. The monoisotopic (exact) mass is 318 g/mol. The summed E-state index contributed by atoms with van der Waals surface area (Å²) in [6, 6.07) is 4.46. The first-order valence-electron chi connectivity index (χ1n) is 8.81. The molecule has 0 aromatic carbocycles. The summed E-state index contributed by atoms with van der Waals surface area (Å²) in [6.45, 7) is 12.3. The third kappa shape index (κ3) is 3.52. The molecule has 23 heavy (non-hydrogen) atoms. The van der Waals surface area contributed by atoms with Gasteiger partial charge in [-0.05, 0) is 31.6 Å². The van der Waals surface area contributed by atoms with Crippen LogP contribution in [0.25, 0.3) is 0 Å². The Hall–Kier alpha value is -1.55. The van der Waals surface area contributed by atoms with Gasteiger partial charge in [0.05, 0.1) is 29.4 Å². The molecule has 2 aliphatic rings. The fourth-order valence-electron chi connectivity index (χ4n) is 3.98. The molecule has 0 aromatic heterocycles. The van der Waals surface area contributed by atoms with Gasteiger partial charge in [-0.25, -0.2) is 0 Å². The molecular weight excluding hydrogens is 288 g/mol. The number of esters is 1. The van der Waals surface area contributed by atoms with E-state index in [1.165, 1.54) is 0 Å². The number of nitriles is 2. The van der Waals surface area contributed by atoms with Crippen LogP contribution >= 0.6 is 0 Å². The van der Waals surface area contributed by atoms with Gasteiger partial charge < -0.3 is 4.74 Å². The summed E-state index contributed by atoms with van der Waals surface area (Å²) < 4.78 is 5.80. The fraction of sp³-hybridized carbons (Fsp3) is 0.842. The predicted molar refractivity (Wildman–Crippen MR) is 89.0 cm³/mol. The minimum Gasteiger partial charge on any atom is -0.459 e. The zero-order chi connectivity index (χ0) is 17.8. The Morgan fingerprint density at radius 3 is 2.22 bits per heavy atom. The van der Waals surface area contributed by atoms with Crippen molar-refractivity contribution in [3.8, 4) is 12.1 Å². The average Bonchev–Trinajstić information content (AvgIpc) is 2.79. The lowest BCUT2D eigenvalue weighted by Gasteiger charge is -2.37. The van der Waals surface area contributed by atoms with Gasteiger partial charge >= 0.3 is 5.97 Å². The van der Waals surface area contributed by atoms with E-state index < -0.39 is 11.0 Å². The first-order valence-corrected chi connectivity index (χ1v) is 8.81. The number of ether oxygens (including phenoxy) is 1. The molecule has 2 fully saturated rings. The van der Waals surface area contributed by atoms with Gasteiger partial charge in [0.2, 0.25) is 0 Å². The zero-order valence-corrected chi connectivity index (χ0v) is 15.3. The Morgan fingerprint density at radius 1 is 1.17 bits per heavy atom. The van der Waals surface area contributed by atoms with Crippen LogP contribution in [0.15, 0.2) is 0 Å². The maximum atomic E-state index is 12.5. The molecule has 4 heteroatoms. The van der Waals surface area contributed by atoms with E-state index >= 15 is 0 Å². The van der Waals surface area contributed by atoms with E-state index in [-0.39, 0.29) is 23.7 Å². The third-order valence-electron chi connectivity index (χ3n) is 5.79. The zero-order valence-electron chi connectivity index (χ0n) is 15.3. The first kappa shape index (κ1) is 19.5.